The second-order valence-corrected chi connectivity index (χ2v) is 3.97. The maximum atomic E-state index is 12.3. The average molecular weight is 258 g/mol. The molecule has 1 aliphatic rings. The molecule has 6 nitrogen and oxygen atoms in total. The van der Waals surface area contributed by atoms with Crippen LogP contribution in [0.15, 0.2) is 41.0 Å². The molecule has 19 heavy (non-hydrogen) atoms. The number of carbonyl (C=O) groups is 2. The molecule has 0 aliphatic carbocycles. The minimum Gasteiger partial charge on any atom is -0.404 e. The van der Waals surface area contributed by atoms with Crippen molar-refractivity contribution in [3.8, 4) is 0 Å². The average Bonchev–Trinajstić information content (AvgIpc) is 2.43. The molecule has 1 aromatic carbocycles. The van der Waals surface area contributed by atoms with E-state index >= 15 is 0 Å². The summed E-state index contributed by atoms with van der Waals surface area (Å²) in [5, 5.41) is 2.72. The largest absolute Gasteiger partial charge is 0.404 e. The Morgan fingerprint density at radius 2 is 2.21 bits per heavy atom. The fraction of sp³-hybridized carbons (Fsp3) is 0.154. The third kappa shape index (κ3) is 2.47. The number of nitrogens with zero attached hydrogens (tertiary/aromatic N) is 2. The molecule has 0 radical (unpaired) electrons. The maximum Gasteiger partial charge on any atom is 0.261 e. The van der Waals surface area contributed by atoms with Crippen molar-refractivity contribution in [2.45, 2.75) is 0 Å². The van der Waals surface area contributed by atoms with Crippen molar-refractivity contribution in [2.24, 2.45) is 10.7 Å². The first kappa shape index (κ1) is 12.8. The molecule has 3 N–H and O–H groups in total. The van der Waals surface area contributed by atoms with Crippen LogP contribution in [0.1, 0.15) is 0 Å². The van der Waals surface area contributed by atoms with Crippen LogP contribution in [0.4, 0.5) is 11.4 Å². The van der Waals surface area contributed by atoms with E-state index < -0.39 is 0 Å². The lowest BCUT2D eigenvalue weighted by molar-refractivity contribution is -0.119. The van der Waals surface area contributed by atoms with Gasteiger partial charge in [-0.3, -0.25) is 19.5 Å². The van der Waals surface area contributed by atoms with Crippen LogP contribution in [0.25, 0.3) is 0 Å². The Balaban J connectivity index is 2.40. The highest BCUT2D eigenvalue weighted by Crippen LogP contribution is 2.29. The van der Waals surface area contributed by atoms with Crippen molar-refractivity contribution in [1.82, 2.24) is 0 Å². The molecule has 0 unspecified atom stereocenters. The van der Waals surface area contributed by atoms with Gasteiger partial charge in [-0.15, -0.1) is 0 Å². The first-order chi connectivity index (χ1) is 9.17. The number of aliphatic imine (C=N–C) groups is 1. The van der Waals surface area contributed by atoms with Gasteiger partial charge < -0.3 is 11.1 Å². The molecule has 2 amide bonds. The zero-order valence-electron chi connectivity index (χ0n) is 10.5. The summed E-state index contributed by atoms with van der Waals surface area (Å²) in [6.45, 7) is -0.0370. The number of nitrogens with one attached hydrogen (secondary N) is 1. The number of hydrogen-bond acceptors (Lipinski definition) is 4. The summed E-state index contributed by atoms with van der Waals surface area (Å²) in [5.74, 6) is -0.591. The molecule has 0 bridgehead atoms. The summed E-state index contributed by atoms with van der Waals surface area (Å²) in [5.41, 5.74) is 6.92. The van der Waals surface area contributed by atoms with Crippen LogP contribution < -0.4 is 16.0 Å². The van der Waals surface area contributed by atoms with Gasteiger partial charge in [-0.2, -0.15) is 0 Å². The Morgan fingerprint density at radius 1 is 1.47 bits per heavy atom. The minimum atomic E-state index is -0.351. The van der Waals surface area contributed by atoms with Gasteiger partial charge in [0.15, 0.2) is 0 Å². The molecule has 0 aromatic heterocycles. The number of carbonyl (C=O) groups excluding carboxylic acids is 2. The molecule has 1 aliphatic heterocycles. The van der Waals surface area contributed by atoms with Gasteiger partial charge >= 0.3 is 0 Å². The molecule has 0 saturated carbocycles. The monoisotopic (exact) mass is 258 g/mol. The van der Waals surface area contributed by atoms with Gasteiger partial charge in [0.2, 0.25) is 5.91 Å². The van der Waals surface area contributed by atoms with Gasteiger partial charge in [0, 0.05) is 19.5 Å². The van der Waals surface area contributed by atoms with Crippen molar-refractivity contribution in [3.63, 3.8) is 0 Å². The molecule has 2 rings (SSSR count). The van der Waals surface area contributed by atoms with Crippen molar-refractivity contribution >= 4 is 29.4 Å². The highest BCUT2D eigenvalue weighted by molar-refractivity contribution is 6.22. The lowest BCUT2D eigenvalue weighted by atomic mass is 10.1. The Morgan fingerprint density at radius 3 is 2.89 bits per heavy atom. The van der Waals surface area contributed by atoms with Crippen molar-refractivity contribution in [3.05, 3.63) is 36.0 Å². The summed E-state index contributed by atoms with van der Waals surface area (Å²) in [7, 11) is 1.55. The second-order valence-electron chi connectivity index (χ2n) is 3.97. The number of amides is 2. The van der Waals surface area contributed by atoms with Crippen molar-refractivity contribution in [1.29, 1.82) is 0 Å². The summed E-state index contributed by atoms with van der Waals surface area (Å²) in [6, 6.07) is 7.10. The molecule has 1 aromatic rings. The van der Waals surface area contributed by atoms with Gasteiger partial charge in [0.25, 0.3) is 5.91 Å². The predicted molar refractivity (Wildman–Crippen MR) is 74.1 cm³/mol. The Bertz CT molecular complexity index is 578. The van der Waals surface area contributed by atoms with E-state index in [1.807, 2.05) is 0 Å². The zero-order valence-corrected chi connectivity index (χ0v) is 10.5. The highest BCUT2D eigenvalue weighted by atomic mass is 16.2. The zero-order chi connectivity index (χ0) is 13.8. The van der Waals surface area contributed by atoms with Crippen LogP contribution in [0.5, 0.6) is 0 Å². The predicted octanol–water partition coefficient (Wildman–Crippen LogP) is 0.515. The molecular formula is C13H14N4O2. The Kier molecular flexibility index (Phi) is 3.61. The van der Waals surface area contributed by atoms with Gasteiger partial charge in [-0.25, -0.2) is 0 Å². The smallest absolute Gasteiger partial charge is 0.261 e. The quantitative estimate of drug-likeness (QED) is 0.598. The number of benzene rings is 1. The van der Waals surface area contributed by atoms with Crippen LogP contribution in [-0.4, -0.2) is 31.6 Å². The third-order valence-electron chi connectivity index (χ3n) is 2.71. The third-order valence-corrected chi connectivity index (χ3v) is 2.71. The Labute approximate surface area is 110 Å². The summed E-state index contributed by atoms with van der Waals surface area (Å²) in [6.07, 6.45) is 2.56. The number of anilines is 2. The highest BCUT2D eigenvalue weighted by Gasteiger charge is 2.27. The van der Waals surface area contributed by atoms with Crippen LogP contribution in [0.2, 0.25) is 0 Å². The van der Waals surface area contributed by atoms with Crippen molar-refractivity contribution < 1.29 is 9.59 Å². The Hall–Kier alpha value is -2.63. The molecule has 0 saturated heterocycles. The molecule has 0 spiro atoms. The summed E-state index contributed by atoms with van der Waals surface area (Å²) in [4.78, 5) is 29.1. The van der Waals surface area contributed by atoms with Crippen LogP contribution in [-0.2, 0) is 9.59 Å². The van der Waals surface area contributed by atoms with Gasteiger partial charge in [0.1, 0.15) is 6.54 Å². The fourth-order valence-electron chi connectivity index (χ4n) is 1.88. The van der Waals surface area contributed by atoms with E-state index in [0.717, 1.165) is 0 Å². The number of fused-ring (bicyclic) bond motifs is 1. The first-order valence-corrected chi connectivity index (χ1v) is 5.72. The first-order valence-electron chi connectivity index (χ1n) is 5.72. The van der Waals surface area contributed by atoms with E-state index in [1.54, 1.807) is 31.3 Å². The van der Waals surface area contributed by atoms with Crippen LogP contribution in [0.3, 0.4) is 0 Å². The van der Waals surface area contributed by atoms with E-state index in [-0.39, 0.29) is 23.9 Å². The van der Waals surface area contributed by atoms with Crippen molar-refractivity contribution in [2.75, 3.05) is 23.8 Å². The van der Waals surface area contributed by atoms with E-state index in [9.17, 15) is 9.59 Å². The fourth-order valence-corrected chi connectivity index (χ4v) is 1.88. The number of hydrogen-bond donors (Lipinski definition) is 2. The molecule has 0 atom stereocenters. The topological polar surface area (TPSA) is 87.8 Å². The standard InChI is InChI=1S/C13H14N4O2/c1-15-7-9(6-14)13(19)17-8-12(18)16-10-4-2-3-5-11(10)17/h2-7H,8,14H2,1H3,(H,16,18)/b9-6+,15-7?. The second kappa shape index (κ2) is 5.34. The molecule has 0 fully saturated rings. The number of nitrogens with two attached hydrogens (primary N) is 1. The van der Waals surface area contributed by atoms with Gasteiger partial charge in [-0.1, -0.05) is 12.1 Å². The minimum absolute atomic E-state index is 0.0370. The van der Waals surface area contributed by atoms with Crippen LogP contribution in [0, 0.1) is 0 Å². The number of rotatable bonds is 2. The SMILES string of the molecule is CN=C/C(=C\N)C(=O)N1CC(=O)Nc2ccccc21. The normalized spacial score (nSPS) is 15.3. The van der Waals surface area contributed by atoms with E-state index in [0.29, 0.717) is 11.4 Å². The van der Waals surface area contributed by atoms with Gasteiger partial charge in [0.05, 0.1) is 16.9 Å². The molecule has 1 heterocycles. The van der Waals surface area contributed by atoms with E-state index in [4.69, 9.17) is 5.73 Å². The molecule has 98 valence electrons. The number of para-hydroxylation sites is 2. The van der Waals surface area contributed by atoms with Crippen LogP contribution >= 0.6 is 0 Å². The van der Waals surface area contributed by atoms with Gasteiger partial charge in [-0.05, 0) is 12.1 Å². The molecular weight excluding hydrogens is 244 g/mol. The van der Waals surface area contributed by atoms with E-state index in [2.05, 4.69) is 10.3 Å². The lowest BCUT2D eigenvalue weighted by Gasteiger charge is -2.29. The summed E-state index contributed by atoms with van der Waals surface area (Å²) >= 11 is 0. The summed E-state index contributed by atoms with van der Waals surface area (Å²) < 4.78 is 0. The van der Waals surface area contributed by atoms with E-state index in [1.165, 1.54) is 17.3 Å². The molecule has 6 heteroatoms. The maximum absolute atomic E-state index is 12.3. The lowest BCUT2D eigenvalue weighted by Crippen LogP contribution is -2.43.